The van der Waals surface area contributed by atoms with Gasteiger partial charge < -0.3 is 14.4 Å². The van der Waals surface area contributed by atoms with E-state index in [1.54, 1.807) is 4.90 Å². The molecule has 4 heteroatoms. The van der Waals surface area contributed by atoms with Gasteiger partial charge in [0.05, 0.1) is 19.2 Å². The predicted octanol–water partition coefficient (Wildman–Crippen LogP) is 3.77. The fourth-order valence-electron chi connectivity index (χ4n) is 2.51. The molecule has 0 aliphatic carbocycles. The second-order valence-electron chi connectivity index (χ2n) is 6.96. The number of benzene rings is 1. The Hall–Kier alpha value is -1.55. The summed E-state index contributed by atoms with van der Waals surface area (Å²) in [5.74, 6) is 0. The van der Waals surface area contributed by atoms with Crippen molar-refractivity contribution in [3.8, 4) is 0 Å². The average Bonchev–Trinajstić information content (AvgIpc) is 2.34. The van der Waals surface area contributed by atoms with Gasteiger partial charge in [-0.3, -0.25) is 0 Å². The summed E-state index contributed by atoms with van der Waals surface area (Å²) in [6.45, 7) is 10.8. The number of nitrogens with zero attached hydrogens (tertiary/aromatic N) is 1. The van der Waals surface area contributed by atoms with Crippen LogP contribution in [0.25, 0.3) is 0 Å². The Kier molecular flexibility index (Phi) is 4.28. The van der Waals surface area contributed by atoms with Crippen molar-refractivity contribution >= 4 is 6.09 Å². The van der Waals surface area contributed by atoms with Crippen molar-refractivity contribution in [1.29, 1.82) is 0 Å². The van der Waals surface area contributed by atoms with E-state index in [-0.39, 0.29) is 17.8 Å². The summed E-state index contributed by atoms with van der Waals surface area (Å²) < 4.78 is 11.5. The quantitative estimate of drug-likeness (QED) is 0.851. The van der Waals surface area contributed by atoms with Crippen LogP contribution in [0.15, 0.2) is 30.3 Å². The van der Waals surface area contributed by atoms with E-state index >= 15 is 0 Å². The highest BCUT2D eigenvalue weighted by atomic mass is 16.6. The van der Waals surface area contributed by atoms with Gasteiger partial charge in [0, 0.05) is 0 Å². The molecule has 2 rings (SSSR count). The van der Waals surface area contributed by atoms with Gasteiger partial charge >= 0.3 is 6.09 Å². The Morgan fingerprint density at radius 3 is 2.33 bits per heavy atom. The molecular weight excluding hydrogens is 266 g/mol. The van der Waals surface area contributed by atoms with E-state index in [2.05, 4.69) is 12.1 Å². The minimum Gasteiger partial charge on any atom is -0.444 e. The Labute approximate surface area is 127 Å². The maximum absolute atomic E-state index is 11.9. The van der Waals surface area contributed by atoms with Crippen molar-refractivity contribution < 1.29 is 14.3 Å². The molecule has 0 radical (unpaired) electrons. The lowest BCUT2D eigenvalue weighted by Crippen LogP contribution is -2.63. The molecule has 0 N–H and O–H groups in total. The van der Waals surface area contributed by atoms with Crippen molar-refractivity contribution in [3.05, 3.63) is 35.9 Å². The van der Waals surface area contributed by atoms with Crippen LogP contribution in [0.3, 0.4) is 0 Å². The van der Waals surface area contributed by atoms with Crippen molar-refractivity contribution in [3.63, 3.8) is 0 Å². The summed E-state index contributed by atoms with van der Waals surface area (Å²) in [6.07, 6.45) is -0.257. The molecule has 21 heavy (non-hydrogen) atoms. The highest BCUT2D eigenvalue weighted by molar-refractivity contribution is 5.69. The predicted molar refractivity (Wildman–Crippen MR) is 82.2 cm³/mol. The summed E-state index contributed by atoms with van der Waals surface area (Å²) in [5.41, 5.74) is 0.391. The summed E-state index contributed by atoms with van der Waals surface area (Å²) >= 11 is 0. The summed E-state index contributed by atoms with van der Waals surface area (Å²) in [6, 6.07) is 10.1. The van der Waals surface area contributed by atoms with E-state index in [9.17, 15) is 4.79 Å². The Balaban J connectivity index is 1.86. The highest BCUT2D eigenvalue weighted by Gasteiger charge is 2.45. The molecule has 1 atom stereocenters. The molecule has 1 aliphatic rings. The molecule has 0 spiro atoms. The molecule has 0 saturated carbocycles. The number of ether oxygens (including phenoxy) is 2. The third-order valence-electron chi connectivity index (χ3n) is 3.43. The number of carbonyl (C=O) groups excluding carboxylic acids is 1. The summed E-state index contributed by atoms with van der Waals surface area (Å²) in [7, 11) is 0. The smallest absolute Gasteiger partial charge is 0.410 e. The lowest BCUT2D eigenvalue weighted by molar-refractivity contribution is -0.155. The maximum Gasteiger partial charge on any atom is 0.410 e. The van der Waals surface area contributed by atoms with E-state index in [4.69, 9.17) is 9.47 Å². The molecule has 1 aromatic rings. The second kappa shape index (κ2) is 5.68. The van der Waals surface area contributed by atoms with E-state index in [0.717, 1.165) is 5.56 Å². The van der Waals surface area contributed by atoms with Crippen molar-refractivity contribution in [2.75, 3.05) is 13.1 Å². The summed E-state index contributed by atoms with van der Waals surface area (Å²) in [5, 5.41) is 0. The minimum atomic E-state index is -0.457. The molecule has 0 aromatic heterocycles. The molecule has 1 heterocycles. The van der Waals surface area contributed by atoms with Crippen molar-refractivity contribution in [2.45, 2.75) is 51.9 Å². The molecule has 116 valence electrons. The normalized spacial score (nSPS) is 18.8. The number of carbonyl (C=O) groups is 1. The van der Waals surface area contributed by atoms with Gasteiger partial charge in [0.25, 0.3) is 0 Å². The van der Waals surface area contributed by atoms with Crippen LogP contribution in [-0.4, -0.2) is 35.3 Å². The van der Waals surface area contributed by atoms with Crippen LogP contribution < -0.4 is 0 Å². The van der Waals surface area contributed by atoms with Crippen LogP contribution in [0.1, 0.15) is 46.3 Å². The Bertz CT molecular complexity index is 487. The third-order valence-corrected chi connectivity index (χ3v) is 3.43. The molecule has 1 saturated heterocycles. The highest BCUT2D eigenvalue weighted by Crippen LogP contribution is 2.32. The van der Waals surface area contributed by atoms with Crippen LogP contribution in [-0.2, 0) is 9.47 Å². The first-order chi connectivity index (χ1) is 9.69. The van der Waals surface area contributed by atoms with Gasteiger partial charge in [-0.05, 0) is 40.2 Å². The zero-order valence-corrected chi connectivity index (χ0v) is 13.6. The first-order valence-electron chi connectivity index (χ1n) is 7.39. The summed E-state index contributed by atoms with van der Waals surface area (Å²) in [4.78, 5) is 13.6. The monoisotopic (exact) mass is 291 g/mol. The van der Waals surface area contributed by atoms with Crippen LogP contribution in [0.5, 0.6) is 0 Å². The van der Waals surface area contributed by atoms with Crippen LogP contribution in [0.4, 0.5) is 4.79 Å². The largest absolute Gasteiger partial charge is 0.444 e. The average molecular weight is 291 g/mol. The molecule has 1 amide bonds. The van der Waals surface area contributed by atoms with Crippen LogP contribution in [0, 0.1) is 0 Å². The molecular formula is C17H25NO3. The Morgan fingerprint density at radius 1 is 1.24 bits per heavy atom. The lowest BCUT2D eigenvalue weighted by atomic mass is 9.96. The van der Waals surface area contributed by atoms with Gasteiger partial charge in [-0.15, -0.1) is 0 Å². The van der Waals surface area contributed by atoms with Crippen LogP contribution >= 0.6 is 0 Å². The third kappa shape index (κ3) is 4.21. The standard InChI is InChI=1S/C17H25NO3/c1-13(14-9-7-6-8-10-14)20-17(5)11-18(12-17)15(19)21-16(2,3)4/h6-10,13H,11-12H2,1-5H3. The number of likely N-dealkylation sites (tertiary alicyclic amines) is 1. The van der Waals surface area contributed by atoms with E-state index in [0.29, 0.717) is 13.1 Å². The first-order valence-corrected chi connectivity index (χ1v) is 7.39. The van der Waals surface area contributed by atoms with Gasteiger partial charge in [0.2, 0.25) is 0 Å². The zero-order valence-electron chi connectivity index (χ0n) is 13.6. The molecule has 0 bridgehead atoms. The van der Waals surface area contributed by atoms with Gasteiger partial charge in [-0.1, -0.05) is 30.3 Å². The van der Waals surface area contributed by atoms with Gasteiger partial charge in [-0.2, -0.15) is 0 Å². The molecule has 1 aliphatic heterocycles. The van der Waals surface area contributed by atoms with E-state index < -0.39 is 5.60 Å². The maximum atomic E-state index is 11.9. The zero-order chi connectivity index (χ0) is 15.7. The topological polar surface area (TPSA) is 38.8 Å². The number of amides is 1. The second-order valence-corrected chi connectivity index (χ2v) is 6.96. The lowest BCUT2D eigenvalue weighted by Gasteiger charge is -2.48. The SMILES string of the molecule is CC(OC1(C)CN(C(=O)OC(C)(C)C)C1)c1ccccc1. The van der Waals surface area contributed by atoms with Gasteiger partial charge in [0.1, 0.15) is 11.2 Å². The molecule has 1 aromatic carbocycles. The first kappa shape index (κ1) is 15.8. The van der Waals surface area contributed by atoms with E-state index in [1.165, 1.54) is 0 Å². The van der Waals surface area contributed by atoms with Gasteiger partial charge in [0.15, 0.2) is 0 Å². The number of hydrogen-bond donors (Lipinski definition) is 0. The fraction of sp³-hybridized carbons (Fsp3) is 0.588. The molecule has 1 fully saturated rings. The van der Waals surface area contributed by atoms with E-state index in [1.807, 2.05) is 52.8 Å². The van der Waals surface area contributed by atoms with Gasteiger partial charge in [-0.25, -0.2) is 4.79 Å². The van der Waals surface area contributed by atoms with Crippen molar-refractivity contribution in [2.24, 2.45) is 0 Å². The Morgan fingerprint density at radius 2 is 1.81 bits per heavy atom. The van der Waals surface area contributed by atoms with Crippen molar-refractivity contribution in [1.82, 2.24) is 4.90 Å². The fourth-order valence-corrected chi connectivity index (χ4v) is 2.51. The molecule has 1 unspecified atom stereocenters. The number of rotatable bonds is 3. The molecule has 4 nitrogen and oxygen atoms in total. The minimum absolute atomic E-state index is 0.0111. The number of hydrogen-bond acceptors (Lipinski definition) is 3. The van der Waals surface area contributed by atoms with Crippen LogP contribution in [0.2, 0.25) is 0 Å².